The van der Waals surface area contributed by atoms with Crippen LogP contribution in [0, 0.1) is 0 Å². The third kappa shape index (κ3) is 3.16. The first-order valence-corrected chi connectivity index (χ1v) is 9.37. The van der Waals surface area contributed by atoms with Crippen LogP contribution in [0.25, 0.3) is 0 Å². The van der Waals surface area contributed by atoms with Crippen LogP contribution in [-0.4, -0.2) is 23.1 Å². The molecule has 2 aromatic rings. The molecular formula is C20H21NOS. The van der Waals surface area contributed by atoms with Crippen LogP contribution in [0.15, 0.2) is 47.4 Å². The number of nitrogens with zero attached hydrogens (tertiary/aromatic N) is 1. The van der Waals surface area contributed by atoms with Gasteiger partial charge in [-0.3, -0.25) is 4.79 Å². The number of aryl methyl sites for hydroxylation is 2. The van der Waals surface area contributed by atoms with Crippen LogP contribution >= 0.6 is 11.8 Å². The van der Waals surface area contributed by atoms with E-state index >= 15 is 0 Å². The van der Waals surface area contributed by atoms with Crippen molar-refractivity contribution in [3.05, 3.63) is 64.7 Å². The first-order chi connectivity index (χ1) is 11.3. The highest BCUT2D eigenvalue weighted by molar-refractivity contribution is 8.00. The minimum Gasteiger partial charge on any atom is -0.337 e. The highest BCUT2D eigenvalue weighted by Gasteiger charge is 2.20. The summed E-state index contributed by atoms with van der Waals surface area (Å²) in [6.07, 6.45) is 4.66. The third-order valence-electron chi connectivity index (χ3n) is 4.92. The Bertz CT molecular complexity index is 740. The summed E-state index contributed by atoms with van der Waals surface area (Å²) in [7, 11) is 0. The lowest BCUT2D eigenvalue weighted by Crippen LogP contribution is -2.37. The molecule has 0 bridgehead atoms. The molecule has 4 rings (SSSR count). The lowest BCUT2D eigenvalue weighted by Gasteiger charge is -2.28. The van der Waals surface area contributed by atoms with Crippen molar-refractivity contribution in [2.45, 2.75) is 37.1 Å². The van der Waals surface area contributed by atoms with Crippen LogP contribution in [-0.2, 0) is 30.6 Å². The van der Waals surface area contributed by atoms with E-state index in [1.54, 1.807) is 11.8 Å². The summed E-state index contributed by atoms with van der Waals surface area (Å²) in [5.74, 6) is 0.797. The molecule has 0 unspecified atom stereocenters. The Morgan fingerprint density at radius 2 is 1.74 bits per heavy atom. The SMILES string of the molecule is O=C(CSc1ccc2c(c1)CCC2)N1CCc2ccccc2C1. The Kier molecular flexibility index (Phi) is 4.13. The van der Waals surface area contributed by atoms with Crippen molar-refractivity contribution >= 4 is 17.7 Å². The molecular weight excluding hydrogens is 302 g/mol. The monoisotopic (exact) mass is 323 g/mol. The molecule has 23 heavy (non-hydrogen) atoms. The van der Waals surface area contributed by atoms with Gasteiger partial charge in [0, 0.05) is 18.0 Å². The molecule has 0 aromatic heterocycles. The van der Waals surface area contributed by atoms with E-state index in [0.29, 0.717) is 5.75 Å². The fourth-order valence-corrected chi connectivity index (χ4v) is 4.45. The number of benzene rings is 2. The van der Waals surface area contributed by atoms with Crippen molar-refractivity contribution < 1.29 is 4.79 Å². The molecule has 0 N–H and O–H groups in total. The zero-order valence-electron chi connectivity index (χ0n) is 13.3. The summed E-state index contributed by atoms with van der Waals surface area (Å²) in [6, 6.07) is 15.2. The van der Waals surface area contributed by atoms with E-state index in [0.717, 1.165) is 19.5 Å². The number of carbonyl (C=O) groups excluding carboxylic acids is 1. The van der Waals surface area contributed by atoms with Gasteiger partial charge in [-0.2, -0.15) is 0 Å². The molecule has 0 atom stereocenters. The van der Waals surface area contributed by atoms with E-state index < -0.39 is 0 Å². The molecule has 118 valence electrons. The van der Waals surface area contributed by atoms with Gasteiger partial charge in [-0.05, 0) is 60.1 Å². The quantitative estimate of drug-likeness (QED) is 0.800. The van der Waals surface area contributed by atoms with Gasteiger partial charge >= 0.3 is 0 Å². The van der Waals surface area contributed by atoms with Crippen LogP contribution in [0.2, 0.25) is 0 Å². The molecule has 0 saturated heterocycles. The Labute approximate surface area is 141 Å². The first kappa shape index (κ1) is 14.8. The number of amides is 1. The number of thioether (sulfide) groups is 1. The zero-order chi connectivity index (χ0) is 15.6. The molecule has 2 aromatic carbocycles. The van der Waals surface area contributed by atoms with Crippen LogP contribution in [0.5, 0.6) is 0 Å². The van der Waals surface area contributed by atoms with Crippen molar-refractivity contribution in [3.63, 3.8) is 0 Å². The Balaban J connectivity index is 1.37. The smallest absolute Gasteiger partial charge is 0.233 e. The number of hydrogen-bond donors (Lipinski definition) is 0. The summed E-state index contributed by atoms with van der Waals surface area (Å²) in [4.78, 5) is 15.8. The molecule has 2 aliphatic rings. The number of rotatable bonds is 3. The van der Waals surface area contributed by atoms with Gasteiger partial charge in [-0.25, -0.2) is 0 Å². The Morgan fingerprint density at radius 1 is 0.957 bits per heavy atom. The zero-order valence-corrected chi connectivity index (χ0v) is 14.1. The summed E-state index contributed by atoms with van der Waals surface area (Å²) < 4.78 is 0. The average Bonchev–Trinajstić information content (AvgIpc) is 3.07. The molecule has 0 radical (unpaired) electrons. The molecule has 1 heterocycles. The summed E-state index contributed by atoms with van der Waals surface area (Å²) in [5.41, 5.74) is 5.67. The van der Waals surface area contributed by atoms with E-state index in [4.69, 9.17) is 0 Å². The second-order valence-electron chi connectivity index (χ2n) is 6.41. The standard InChI is InChI=1S/C20H21NOS/c22-20(21-11-10-16-4-1-2-5-18(16)13-21)14-23-19-9-8-15-6-3-7-17(15)12-19/h1-2,4-5,8-9,12H,3,6-7,10-11,13-14H2. The fourth-order valence-electron chi connectivity index (χ4n) is 3.58. The van der Waals surface area contributed by atoms with Gasteiger partial charge in [0.2, 0.25) is 5.91 Å². The Hall–Kier alpha value is -1.74. The predicted octanol–water partition coefficient (Wildman–Crippen LogP) is 3.85. The number of hydrogen-bond acceptors (Lipinski definition) is 2. The van der Waals surface area contributed by atoms with E-state index in [2.05, 4.69) is 42.5 Å². The predicted molar refractivity (Wildman–Crippen MR) is 94.8 cm³/mol. The number of carbonyl (C=O) groups is 1. The van der Waals surface area contributed by atoms with Gasteiger partial charge < -0.3 is 4.90 Å². The van der Waals surface area contributed by atoms with E-state index in [1.807, 2.05) is 4.90 Å². The average molecular weight is 323 g/mol. The van der Waals surface area contributed by atoms with Crippen LogP contribution in [0.1, 0.15) is 28.7 Å². The second kappa shape index (κ2) is 6.40. The maximum Gasteiger partial charge on any atom is 0.233 e. The van der Waals surface area contributed by atoms with E-state index in [9.17, 15) is 4.79 Å². The highest BCUT2D eigenvalue weighted by atomic mass is 32.2. The molecule has 2 nitrogen and oxygen atoms in total. The maximum atomic E-state index is 12.5. The molecule has 3 heteroatoms. The molecule has 1 amide bonds. The molecule has 0 saturated carbocycles. The summed E-state index contributed by atoms with van der Waals surface area (Å²) in [6.45, 7) is 1.61. The van der Waals surface area contributed by atoms with Gasteiger partial charge in [0.25, 0.3) is 0 Å². The minimum absolute atomic E-state index is 0.255. The van der Waals surface area contributed by atoms with Gasteiger partial charge in [0.05, 0.1) is 5.75 Å². The first-order valence-electron chi connectivity index (χ1n) is 8.39. The van der Waals surface area contributed by atoms with Crippen LogP contribution < -0.4 is 0 Å². The maximum absolute atomic E-state index is 12.5. The van der Waals surface area contributed by atoms with E-state index in [1.165, 1.54) is 46.4 Å². The minimum atomic E-state index is 0.255. The van der Waals surface area contributed by atoms with Crippen molar-refractivity contribution in [2.75, 3.05) is 12.3 Å². The molecule has 0 fully saturated rings. The van der Waals surface area contributed by atoms with Gasteiger partial charge in [0.15, 0.2) is 0 Å². The highest BCUT2D eigenvalue weighted by Crippen LogP contribution is 2.28. The second-order valence-corrected chi connectivity index (χ2v) is 7.46. The molecule has 0 spiro atoms. The Morgan fingerprint density at radius 3 is 2.65 bits per heavy atom. The van der Waals surface area contributed by atoms with Gasteiger partial charge in [0.1, 0.15) is 0 Å². The largest absolute Gasteiger partial charge is 0.337 e. The molecule has 1 aliphatic heterocycles. The van der Waals surface area contributed by atoms with Gasteiger partial charge in [-0.15, -0.1) is 11.8 Å². The summed E-state index contributed by atoms with van der Waals surface area (Å²) in [5, 5.41) is 0. The van der Waals surface area contributed by atoms with Crippen LogP contribution in [0.3, 0.4) is 0 Å². The molecule has 1 aliphatic carbocycles. The normalized spacial score (nSPS) is 16.1. The fraction of sp³-hybridized carbons (Fsp3) is 0.350. The third-order valence-corrected chi connectivity index (χ3v) is 5.89. The topological polar surface area (TPSA) is 20.3 Å². The lowest BCUT2D eigenvalue weighted by atomic mass is 10.00. The van der Waals surface area contributed by atoms with Crippen molar-refractivity contribution in [3.8, 4) is 0 Å². The van der Waals surface area contributed by atoms with Gasteiger partial charge in [-0.1, -0.05) is 30.3 Å². The lowest BCUT2D eigenvalue weighted by molar-refractivity contribution is -0.129. The summed E-state index contributed by atoms with van der Waals surface area (Å²) >= 11 is 1.68. The van der Waals surface area contributed by atoms with Crippen molar-refractivity contribution in [1.82, 2.24) is 4.90 Å². The van der Waals surface area contributed by atoms with E-state index in [-0.39, 0.29) is 5.91 Å². The number of fused-ring (bicyclic) bond motifs is 2. The van der Waals surface area contributed by atoms with Crippen molar-refractivity contribution in [1.29, 1.82) is 0 Å². The van der Waals surface area contributed by atoms with Crippen molar-refractivity contribution in [2.24, 2.45) is 0 Å². The van der Waals surface area contributed by atoms with Crippen LogP contribution in [0.4, 0.5) is 0 Å².